The molecule has 1 aromatic carbocycles. The van der Waals surface area contributed by atoms with E-state index in [4.69, 9.17) is 4.74 Å². The lowest BCUT2D eigenvalue weighted by Gasteiger charge is -2.27. The molecule has 2 rings (SSSR count). The highest BCUT2D eigenvalue weighted by molar-refractivity contribution is 5.90. The van der Waals surface area contributed by atoms with Crippen molar-refractivity contribution in [1.82, 2.24) is 5.32 Å². The Bertz CT molecular complexity index is 458. The molecule has 0 aromatic heterocycles. The lowest BCUT2D eigenvalue weighted by Crippen LogP contribution is -2.48. The number of anilines is 1. The van der Waals surface area contributed by atoms with Crippen molar-refractivity contribution in [3.8, 4) is 0 Å². The van der Waals surface area contributed by atoms with E-state index in [2.05, 4.69) is 10.2 Å². The Balaban J connectivity index is 2.18. The van der Waals surface area contributed by atoms with Crippen LogP contribution in [0.2, 0.25) is 0 Å². The Morgan fingerprint density at radius 3 is 2.95 bits per heavy atom. The molecule has 1 saturated heterocycles. The summed E-state index contributed by atoms with van der Waals surface area (Å²) in [6.45, 7) is 1.69. The Kier molecular flexibility index (Phi) is 4.07. The number of methoxy groups -OCH3 is 1. The topological polar surface area (TPSA) is 61.8 Å². The molecule has 1 aliphatic heterocycles. The van der Waals surface area contributed by atoms with Gasteiger partial charge in [0.2, 0.25) is 0 Å². The van der Waals surface area contributed by atoms with Gasteiger partial charge < -0.3 is 20.1 Å². The fourth-order valence-corrected chi connectivity index (χ4v) is 2.45. The normalized spacial score (nSPS) is 22.6. The van der Waals surface area contributed by atoms with Gasteiger partial charge in [-0.05, 0) is 31.7 Å². The zero-order valence-corrected chi connectivity index (χ0v) is 11.3. The number of benzene rings is 1. The number of carbonyl (C=O) groups excluding carboxylic acids is 1. The van der Waals surface area contributed by atoms with Gasteiger partial charge in [-0.15, -0.1) is 0 Å². The smallest absolute Gasteiger partial charge is 0.337 e. The van der Waals surface area contributed by atoms with Gasteiger partial charge in [-0.2, -0.15) is 0 Å². The summed E-state index contributed by atoms with van der Waals surface area (Å²) in [5.74, 6) is -0.330. The number of rotatable bonds is 4. The first-order valence-corrected chi connectivity index (χ1v) is 6.37. The summed E-state index contributed by atoms with van der Waals surface area (Å²) in [7, 11) is 3.24. The summed E-state index contributed by atoms with van der Waals surface area (Å²) in [6.07, 6.45) is 0.877. The maximum atomic E-state index is 11.5. The van der Waals surface area contributed by atoms with Gasteiger partial charge in [0.15, 0.2) is 0 Å². The molecule has 5 nitrogen and oxygen atoms in total. The zero-order valence-electron chi connectivity index (χ0n) is 11.3. The zero-order chi connectivity index (χ0) is 13.9. The standard InChI is InChI=1S/C14H20N2O3/c1-15-14(10-17)6-7-16(9-14)12-5-3-4-11(8-12)13(18)19-2/h3-5,8,15,17H,6-7,9-10H2,1-2H3. The first kappa shape index (κ1) is 13.8. The predicted octanol–water partition coefficient (Wildman–Crippen LogP) is 0.634. The van der Waals surface area contributed by atoms with E-state index in [9.17, 15) is 9.90 Å². The predicted molar refractivity (Wildman–Crippen MR) is 73.5 cm³/mol. The SMILES string of the molecule is CNC1(CO)CCN(c2cccc(C(=O)OC)c2)C1. The third-order valence-corrected chi connectivity index (χ3v) is 3.82. The first-order chi connectivity index (χ1) is 9.14. The molecule has 19 heavy (non-hydrogen) atoms. The Morgan fingerprint density at radius 1 is 1.58 bits per heavy atom. The van der Waals surface area contributed by atoms with Gasteiger partial charge >= 0.3 is 5.97 Å². The molecule has 1 unspecified atom stereocenters. The van der Waals surface area contributed by atoms with Crippen molar-refractivity contribution in [3.63, 3.8) is 0 Å². The number of hydrogen-bond acceptors (Lipinski definition) is 5. The minimum Gasteiger partial charge on any atom is -0.465 e. The van der Waals surface area contributed by atoms with Crippen LogP contribution in [-0.2, 0) is 4.74 Å². The lowest BCUT2D eigenvalue weighted by molar-refractivity contribution is 0.0601. The van der Waals surface area contributed by atoms with Gasteiger partial charge in [-0.3, -0.25) is 0 Å². The molecular formula is C14H20N2O3. The lowest BCUT2D eigenvalue weighted by atomic mass is 10.0. The van der Waals surface area contributed by atoms with Gasteiger partial charge in [0, 0.05) is 18.8 Å². The van der Waals surface area contributed by atoms with E-state index in [1.165, 1.54) is 7.11 Å². The van der Waals surface area contributed by atoms with E-state index in [1.54, 1.807) is 6.07 Å². The average Bonchev–Trinajstić information content (AvgIpc) is 2.92. The molecule has 0 aliphatic carbocycles. The van der Waals surface area contributed by atoms with Gasteiger partial charge in [-0.1, -0.05) is 6.07 Å². The average molecular weight is 264 g/mol. The van der Waals surface area contributed by atoms with Crippen LogP contribution in [0, 0.1) is 0 Å². The number of esters is 1. The number of hydrogen-bond donors (Lipinski definition) is 2. The molecular weight excluding hydrogens is 244 g/mol. The quantitative estimate of drug-likeness (QED) is 0.781. The van der Waals surface area contributed by atoms with Crippen LogP contribution in [0.4, 0.5) is 5.69 Å². The second-order valence-corrected chi connectivity index (χ2v) is 4.90. The summed E-state index contributed by atoms with van der Waals surface area (Å²) in [5.41, 5.74) is 1.28. The number of likely N-dealkylation sites (N-methyl/N-ethyl adjacent to an activating group) is 1. The van der Waals surface area contributed by atoms with Crippen molar-refractivity contribution in [2.75, 3.05) is 38.8 Å². The molecule has 0 spiro atoms. The molecule has 1 aliphatic rings. The van der Waals surface area contributed by atoms with Crippen molar-refractivity contribution in [2.24, 2.45) is 0 Å². The van der Waals surface area contributed by atoms with Gasteiger partial charge in [0.25, 0.3) is 0 Å². The Labute approximate surface area is 113 Å². The highest BCUT2D eigenvalue weighted by Crippen LogP contribution is 2.27. The molecule has 0 amide bonds. The molecule has 104 valence electrons. The minimum absolute atomic E-state index is 0.108. The van der Waals surface area contributed by atoms with Crippen molar-refractivity contribution in [1.29, 1.82) is 0 Å². The van der Waals surface area contributed by atoms with Crippen molar-refractivity contribution in [3.05, 3.63) is 29.8 Å². The van der Waals surface area contributed by atoms with Crippen LogP contribution in [0.5, 0.6) is 0 Å². The number of aliphatic hydroxyl groups is 1. The second kappa shape index (κ2) is 5.59. The summed E-state index contributed by atoms with van der Waals surface area (Å²) in [6, 6.07) is 7.38. The number of aliphatic hydroxyl groups excluding tert-OH is 1. The first-order valence-electron chi connectivity index (χ1n) is 6.37. The van der Waals surface area contributed by atoms with E-state index >= 15 is 0 Å². The van der Waals surface area contributed by atoms with E-state index < -0.39 is 0 Å². The Morgan fingerprint density at radius 2 is 2.37 bits per heavy atom. The van der Waals surface area contributed by atoms with Crippen molar-refractivity contribution in [2.45, 2.75) is 12.0 Å². The maximum absolute atomic E-state index is 11.5. The van der Waals surface area contributed by atoms with E-state index in [0.717, 1.165) is 25.2 Å². The molecule has 0 bridgehead atoms. The van der Waals surface area contributed by atoms with E-state index in [-0.39, 0.29) is 18.1 Å². The molecule has 2 N–H and O–H groups in total. The minimum atomic E-state index is -0.330. The van der Waals surface area contributed by atoms with Crippen LogP contribution < -0.4 is 10.2 Å². The van der Waals surface area contributed by atoms with Crippen LogP contribution in [0.1, 0.15) is 16.8 Å². The summed E-state index contributed by atoms with van der Waals surface area (Å²) in [5, 5.41) is 12.7. The molecule has 1 atom stereocenters. The number of ether oxygens (including phenoxy) is 1. The fraction of sp³-hybridized carbons (Fsp3) is 0.500. The van der Waals surface area contributed by atoms with E-state index in [0.29, 0.717) is 5.56 Å². The van der Waals surface area contributed by atoms with Crippen LogP contribution in [-0.4, -0.2) is 50.5 Å². The van der Waals surface area contributed by atoms with Gasteiger partial charge in [-0.25, -0.2) is 4.79 Å². The fourth-order valence-electron chi connectivity index (χ4n) is 2.45. The van der Waals surface area contributed by atoms with Crippen LogP contribution in [0.3, 0.4) is 0 Å². The number of nitrogens with one attached hydrogen (secondary N) is 1. The van der Waals surface area contributed by atoms with Crippen LogP contribution in [0.25, 0.3) is 0 Å². The number of carbonyl (C=O) groups is 1. The number of nitrogens with zero attached hydrogens (tertiary/aromatic N) is 1. The monoisotopic (exact) mass is 264 g/mol. The second-order valence-electron chi connectivity index (χ2n) is 4.90. The highest BCUT2D eigenvalue weighted by atomic mass is 16.5. The Hall–Kier alpha value is -1.59. The molecule has 1 heterocycles. The summed E-state index contributed by atoms with van der Waals surface area (Å²) in [4.78, 5) is 13.7. The van der Waals surface area contributed by atoms with Crippen molar-refractivity contribution < 1.29 is 14.6 Å². The van der Waals surface area contributed by atoms with Crippen LogP contribution in [0.15, 0.2) is 24.3 Å². The molecule has 0 radical (unpaired) electrons. The molecule has 0 saturated carbocycles. The van der Waals surface area contributed by atoms with Crippen molar-refractivity contribution >= 4 is 11.7 Å². The molecule has 5 heteroatoms. The highest BCUT2D eigenvalue weighted by Gasteiger charge is 2.36. The summed E-state index contributed by atoms with van der Waals surface area (Å²) >= 11 is 0. The van der Waals surface area contributed by atoms with Gasteiger partial charge in [0.1, 0.15) is 0 Å². The third-order valence-electron chi connectivity index (χ3n) is 3.82. The van der Waals surface area contributed by atoms with Crippen LogP contribution >= 0.6 is 0 Å². The summed E-state index contributed by atoms with van der Waals surface area (Å²) < 4.78 is 4.73. The van der Waals surface area contributed by atoms with E-state index in [1.807, 2.05) is 25.2 Å². The molecule has 1 aromatic rings. The molecule has 1 fully saturated rings. The third kappa shape index (κ3) is 2.72. The maximum Gasteiger partial charge on any atom is 0.337 e. The largest absolute Gasteiger partial charge is 0.465 e. The van der Waals surface area contributed by atoms with Gasteiger partial charge in [0.05, 0.1) is 24.8 Å².